The monoisotopic (exact) mass is 374 g/mol. The Bertz CT molecular complexity index is 908. The van der Waals surface area contributed by atoms with Crippen molar-refractivity contribution in [1.82, 2.24) is 19.6 Å². The van der Waals surface area contributed by atoms with Gasteiger partial charge in [0.05, 0.1) is 17.1 Å². The van der Waals surface area contributed by atoms with Crippen LogP contribution in [0.5, 0.6) is 0 Å². The summed E-state index contributed by atoms with van der Waals surface area (Å²) in [5.41, 5.74) is 1.15. The zero-order valence-corrected chi connectivity index (χ0v) is 15.3. The first-order valence-electron chi connectivity index (χ1n) is 8.97. The Morgan fingerprint density at radius 1 is 1.27 bits per heavy atom. The summed E-state index contributed by atoms with van der Waals surface area (Å²) >= 11 is 0. The summed E-state index contributed by atoms with van der Waals surface area (Å²) in [7, 11) is -3.57. The van der Waals surface area contributed by atoms with E-state index in [1.807, 2.05) is 6.20 Å². The van der Waals surface area contributed by atoms with Gasteiger partial charge in [-0.05, 0) is 43.9 Å². The van der Waals surface area contributed by atoms with Gasteiger partial charge in [0.25, 0.3) is 5.91 Å². The molecule has 2 N–H and O–H groups in total. The summed E-state index contributed by atoms with van der Waals surface area (Å²) in [6, 6.07) is 6.16. The van der Waals surface area contributed by atoms with Crippen LogP contribution in [0.25, 0.3) is 0 Å². The molecule has 1 aliphatic heterocycles. The quantitative estimate of drug-likeness (QED) is 0.803. The van der Waals surface area contributed by atoms with Crippen LogP contribution in [0.1, 0.15) is 47.6 Å². The van der Waals surface area contributed by atoms with Crippen molar-refractivity contribution in [3.8, 4) is 0 Å². The van der Waals surface area contributed by atoms with Crippen LogP contribution in [0, 0.1) is 0 Å². The maximum Gasteiger partial charge on any atom is 0.251 e. The minimum Gasteiger partial charge on any atom is -0.346 e. The molecule has 8 heteroatoms. The van der Waals surface area contributed by atoms with E-state index < -0.39 is 10.0 Å². The maximum atomic E-state index is 12.4. The maximum absolute atomic E-state index is 12.4. The number of amides is 1. The fourth-order valence-corrected chi connectivity index (χ4v) is 4.47. The van der Waals surface area contributed by atoms with Gasteiger partial charge in [-0.2, -0.15) is 0 Å². The fourth-order valence-electron chi connectivity index (χ4n) is 3.12. The molecular formula is C18H22N4O3S. The second-order valence-electron chi connectivity index (χ2n) is 6.91. The van der Waals surface area contributed by atoms with Crippen LogP contribution < -0.4 is 10.0 Å². The summed E-state index contributed by atoms with van der Waals surface area (Å²) in [4.78, 5) is 17.1. The molecule has 7 nitrogen and oxygen atoms in total. The minimum atomic E-state index is -3.57. The molecule has 2 aliphatic rings. The Morgan fingerprint density at radius 3 is 2.88 bits per heavy atom. The second-order valence-corrected chi connectivity index (χ2v) is 8.62. The summed E-state index contributed by atoms with van der Waals surface area (Å²) in [6.07, 6.45) is 7.00. The topological polar surface area (TPSA) is 93.1 Å². The molecule has 2 aromatic rings. The van der Waals surface area contributed by atoms with E-state index in [4.69, 9.17) is 0 Å². The Hall–Kier alpha value is -2.19. The molecule has 0 bridgehead atoms. The lowest BCUT2D eigenvalue weighted by Gasteiger charge is -2.11. The van der Waals surface area contributed by atoms with E-state index >= 15 is 0 Å². The minimum absolute atomic E-state index is 0.0319. The lowest BCUT2D eigenvalue weighted by atomic mass is 10.2. The predicted octanol–water partition coefficient (Wildman–Crippen LogP) is 1.59. The standard InChI is InChI=1S/C18H22N4O3S/c23-18(19-11-15-12-22-9-2-1-6-17(22)20-15)13-4-3-5-16(10-13)26(24,25)21-14-7-8-14/h3-5,10,12,14,21H,1-2,6-9,11H2,(H,19,23). The molecule has 0 spiro atoms. The van der Waals surface area contributed by atoms with Crippen LogP contribution in [0.2, 0.25) is 0 Å². The highest BCUT2D eigenvalue weighted by atomic mass is 32.2. The molecule has 138 valence electrons. The average Bonchev–Trinajstić information content (AvgIpc) is 3.34. The third-order valence-electron chi connectivity index (χ3n) is 4.69. The molecule has 0 atom stereocenters. The number of fused-ring (bicyclic) bond motifs is 1. The Morgan fingerprint density at radius 2 is 2.12 bits per heavy atom. The van der Waals surface area contributed by atoms with Crippen molar-refractivity contribution in [3.63, 3.8) is 0 Å². The van der Waals surface area contributed by atoms with Gasteiger partial charge >= 0.3 is 0 Å². The smallest absolute Gasteiger partial charge is 0.251 e. The SMILES string of the molecule is O=C(NCc1cn2c(n1)CCCC2)c1cccc(S(=O)(=O)NC2CC2)c1. The van der Waals surface area contributed by atoms with E-state index in [2.05, 4.69) is 19.6 Å². The highest BCUT2D eigenvalue weighted by Gasteiger charge is 2.28. The van der Waals surface area contributed by atoms with E-state index in [0.29, 0.717) is 12.1 Å². The Kier molecular flexibility index (Phi) is 4.54. The first-order chi connectivity index (χ1) is 12.5. The summed E-state index contributed by atoms with van der Waals surface area (Å²) in [6.45, 7) is 1.31. The number of aryl methyl sites for hydroxylation is 2. The highest BCUT2D eigenvalue weighted by Crippen LogP contribution is 2.22. The number of nitrogens with zero attached hydrogens (tertiary/aromatic N) is 2. The van der Waals surface area contributed by atoms with Crippen molar-refractivity contribution >= 4 is 15.9 Å². The van der Waals surface area contributed by atoms with Crippen molar-refractivity contribution < 1.29 is 13.2 Å². The molecule has 26 heavy (non-hydrogen) atoms. The molecule has 0 unspecified atom stereocenters. The van der Waals surface area contributed by atoms with Gasteiger partial charge in [0.2, 0.25) is 10.0 Å². The van der Waals surface area contributed by atoms with Crippen LogP contribution in [-0.2, 0) is 29.5 Å². The zero-order valence-electron chi connectivity index (χ0n) is 14.4. The number of carbonyl (C=O) groups excluding carboxylic acids is 1. The number of rotatable bonds is 6. The number of aromatic nitrogens is 2. The van der Waals surface area contributed by atoms with Gasteiger partial charge < -0.3 is 9.88 Å². The van der Waals surface area contributed by atoms with Crippen molar-refractivity contribution in [2.75, 3.05) is 0 Å². The molecular weight excluding hydrogens is 352 g/mol. The molecule has 1 saturated carbocycles. The highest BCUT2D eigenvalue weighted by molar-refractivity contribution is 7.89. The third-order valence-corrected chi connectivity index (χ3v) is 6.21. The molecule has 2 heterocycles. The number of imidazole rings is 1. The first-order valence-corrected chi connectivity index (χ1v) is 10.4. The molecule has 1 aromatic heterocycles. The average molecular weight is 374 g/mol. The molecule has 1 aromatic carbocycles. The fraction of sp³-hybridized carbons (Fsp3) is 0.444. The summed E-state index contributed by atoms with van der Waals surface area (Å²) in [5, 5.41) is 2.83. The van der Waals surface area contributed by atoms with E-state index in [-0.39, 0.29) is 16.8 Å². The number of sulfonamides is 1. The Balaban J connectivity index is 1.43. The van der Waals surface area contributed by atoms with Crippen molar-refractivity contribution in [1.29, 1.82) is 0 Å². The van der Waals surface area contributed by atoms with Crippen LogP contribution >= 0.6 is 0 Å². The molecule has 1 fully saturated rings. The number of hydrogen-bond acceptors (Lipinski definition) is 4. The lowest BCUT2D eigenvalue weighted by Crippen LogP contribution is -2.27. The zero-order chi connectivity index (χ0) is 18.1. The van der Waals surface area contributed by atoms with Gasteiger partial charge in [-0.3, -0.25) is 4.79 Å². The normalized spacial score (nSPS) is 16.9. The number of nitrogens with one attached hydrogen (secondary N) is 2. The van der Waals surface area contributed by atoms with E-state index in [0.717, 1.165) is 50.2 Å². The molecule has 0 saturated heterocycles. The van der Waals surface area contributed by atoms with Crippen molar-refractivity contribution in [2.24, 2.45) is 0 Å². The van der Waals surface area contributed by atoms with Gasteiger partial charge in [-0.25, -0.2) is 18.1 Å². The summed E-state index contributed by atoms with van der Waals surface area (Å²) in [5.74, 6) is 0.763. The second kappa shape index (κ2) is 6.85. The van der Waals surface area contributed by atoms with Gasteiger partial charge in [-0.15, -0.1) is 0 Å². The number of carbonyl (C=O) groups is 1. The molecule has 0 radical (unpaired) electrons. The first kappa shape index (κ1) is 17.2. The lowest BCUT2D eigenvalue weighted by molar-refractivity contribution is 0.0950. The van der Waals surface area contributed by atoms with Crippen molar-refractivity contribution in [2.45, 2.75) is 56.1 Å². The molecule has 1 amide bonds. The summed E-state index contributed by atoms with van der Waals surface area (Å²) < 4.78 is 29.4. The van der Waals surface area contributed by atoms with Gasteiger partial charge in [0, 0.05) is 30.8 Å². The van der Waals surface area contributed by atoms with Gasteiger partial charge in [0.15, 0.2) is 0 Å². The van der Waals surface area contributed by atoms with Crippen LogP contribution in [0.3, 0.4) is 0 Å². The largest absolute Gasteiger partial charge is 0.346 e. The van der Waals surface area contributed by atoms with E-state index in [9.17, 15) is 13.2 Å². The van der Waals surface area contributed by atoms with Gasteiger partial charge in [0.1, 0.15) is 5.82 Å². The van der Waals surface area contributed by atoms with Crippen LogP contribution in [-0.4, -0.2) is 29.9 Å². The predicted molar refractivity (Wildman–Crippen MR) is 96.1 cm³/mol. The number of benzene rings is 1. The Labute approximate surface area is 152 Å². The third kappa shape index (κ3) is 3.81. The van der Waals surface area contributed by atoms with Crippen LogP contribution in [0.15, 0.2) is 35.4 Å². The number of hydrogen-bond donors (Lipinski definition) is 2. The van der Waals surface area contributed by atoms with E-state index in [1.165, 1.54) is 12.1 Å². The molecule has 4 rings (SSSR count). The van der Waals surface area contributed by atoms with E-state index in [1.54, 1.807) is 12.1 Å². The van der Waals surface area contributed by atoms with Crippen LogP contribution in [0.4, 0.5) is 0 Å². The van der Waals surface area contributed by atoms with Crippen molar-refractivity contribution in [3.05, 3.63) is 47.5 Å². The molecule has 1 aliphatic carbocycles. The van der Waals surface area contributed by atoms with Gasteiger partial charge in [-0.1, -0.05) is 6.07 Å².